The molecule has 1 saturated heterocycles. The van der Waals surface area contributed by atoms with Crippen molar-refractivity contribution in [2.75, 3.05) is 25.0 Å². The van der Waals surface area contributed by atoms with Crippen molar-refractivity contribution in [1.29, 1.82) is 0 Å². The van der Waals surface area contributed by atoms with Crippen molar-refractivity contribution < 1.29 is 4.52 Å². The van der Waals surface area contributed by atoms with Gasteiger partial charge in [-0.1, -0.05) is 5.16 Å². The average Bonchev–Trinajstić information content (AvgIpc) is 3.41. The standard InChI is InChI=1S/C19H28N6O2/c1-13(2)23(3)16-9-18(26)25(20-10-16)15-5-4-8-24(11-15)12-17-21-19(27-22-17)14-6-7-14/h9-10,13-15H,4-8,11-12H2,1-3H3/t15-/m1/s1. The first-order chi connectivity index (χ1) is 13.0. The van der Waals surface area contributed by atoms with Gasteiger partial charge in [0.2, 0.25) is 5.89 Å². The van der Waals surface area contributed by atoms with E-state index in [1.807, 2.05) is 7.05 Å². The Kier molecular flexibility index (Phi) is 4.99. The van der Waals surface area contributed by atoms with E-state index in [1.165, 1.54) is 0 Å². The van der Waals surface area contributed by atoms with Crippen LogP contribution >= 0.6 is 0 Å². The van der Waals surface area contributed by atoms with Crippen LogP contribution in [0, 0.1) is 0 Å². The van der Waals surface area contributed by atoms with Gasteiger partial charge < -0.3 is 9.42 Å². The molecule has 2 aromatic rings. The molecule has 27 heavy (non-hydrogen) atoms. The van der Waals surface area contributed by atoms with Crippen molar-refractivity contribution in [3.05, 3.63) is 34.3 Å². The summed E-state index contributed by atoms with van der Waals surface area (Å²) in [5, 5.41) is 8.59. The van der Waals surface area contributed by atoms with Crippen LogP contribution in [0.2, 0.25) is 0 Å². The quantitative estimate of drug-likeness (QED) is 0.769. The lowest BCUT2D eigenvalue weighted by Gasteiger charge is -2.32. The second kappa shape index (κ2) is 7.42. The van der Waals surface area contributed by atoms with Crippen LogP contribution in [0.3, 0.4) is 0 Å². The third-order valence-corrected chi connectivity index (χ3v) is 5.60. The lowest BCUT2D eigenvalue weighted by atomic mass is 10.1. The summed E-state index contributed by atoms with van der Waals surface area (Å²) in [6.45, 7) is 6.61. The summed E-state index contributed by atoms with van der Waals surface area (Å²) in [7, 11) is 1.98. The van der Waals surface area contributed by atoms with E-state index >= 15 is 0 Å². The molecule has 0 radical (unpaired) electrons. The molecule has 2 fully saturated rings. The molecular weight excluding hydrogens is 344 g/mol. The van der Waals surface area contributed by atoms with Gasteiger partial charge in [-0.25, -0.2) is 4.68 Å². The van der Waals surface area contributed by atoms with Gasteiger partial charge in [-0.2, -0.15) is 10.1 Å². The molecule has 0 N–H and O–H groups in total. The molecule has 2 aliphatic rings. The molecule has 0 unspecified atom stereocenters. The van der Waals surface area contributed by atoms with Crippen molar-refractivity contribution in [1.82, 2.24) is 24.8 Å². The number of likely N-dealkylation sites (tertiary alicyclic amines) is 1. The van der Waals surface area contributed by atoms with E-state index in [0.29, 0.717) is 18.5 Å². The van der Waals surface area contributed by atoms with Gasteiger partial charge >= 0.3 is 0 Å². The average molecular weight is 372 g/mol. The number of anilines is 1. The second-order valence-corrected chi connectivity index (χ2v) is 8.06. The van der Waals surface area contributed by atoms with Crippen LogP contribution in [0.5, 0.6) is 0 Å². The predicted molar refractivity (Wildman–Crippen MR) is 102 cm³/mol. The molecule has 1 aliphatic heterocycles. The van der Waals surface area contributed by atoms with Crippen molar-refractivity contribution >= 4 is 5.69 Å². The number of piperidine rings is 1. The number of hydrogen-bond acceptors (Lipinski definition) is 7. The summed E-state index contributed by atoms with van der Waals surface area (Å²) < 4.78 is 6.99. The fourth-order valence-electron chi connectivity index (χ4n) is 3.58. The molecule has 0 bridgehead atoms. The van der Waals surface area contributed by atoms with Crippen LogP contribution < -0.4 is 10.5 Å². The predicted octanol–water partition coefficient (Wildman–Crippen LogP) is 2.19. The molecular formula is C19H28N6O2. The normalized spacial score (nSPS) is 21.0. The summed E-state index contributed by atoms with van der Waals surface area (Å²) in [6.07, 6.45) is 6.09. The third kappa shape index (κ3) is 4.05. The minimum Gasteiger partial charge on any atom is -0.371 e. The molecule has 8 nitrogen and oxygen atoms in total. The zero-order chi connectivity index (χ0) is 19.0. The first-order valence-corrected chi connectivity index (χ1v) is 9.88. The molecule has 1 atom stereocenters. The lowest BCUT2D eigenvalue weighted by molar-refractivity contribution is 0.155. The van der Waals surface area contributed by atoms with Gasteiger partial charge in [0, 0.05) is 31.6 Å². The van der Waals surface area contributed by atoms with E-state index in [2.05, 4.69) is 38.9 Å². The molecule has 1 saturated carbocycles. The Morgan fingerprint density at radius 1 is 1.33 bits per heavy atom. The molecule has 146 valence electrons. The third-order valence-electron chi connectivity index (χ3n) is 5.60. The van der Waals surface area contributed by atoms with Gasteiger partial charge in [0.25, 0.3) is 5.56 Å². The van der Waals surface area contributed by atoms with Crippen LogP contribution in [-0.2, 0) is 6.54 Å². The maximum absolute atomic E-state index is 12.6. The topological polar surface area (TPSA) is 80.3 Å². The van der Waals surface area contributed by atoms with E-state index < -0.39 is 0 Å². The summed E-state index contributed by atoms with van der Waals surface area (Å²) in [5.74, 6) is 2.00. The minimum absolute atomic E-state index is 0.0394. The summed E-state index contributed by atoms with van der Waals surface area (Å²) >= 11 is 0. The Hall–Kier alpha value is -2.22. The maximum Gasteiger partial charge on any atom is 0.269 e. The number of hydrogen-bond donors (Lipinski definition) is 0. The maximum atomic E-state index is 12.6. The van der Waals surface area contributed by atoms with Crippen LogP contribution in [0.4, 0.5) is 5.69 Å². The molecule has 0 spiro atoms. The molecule has 0 amide bonds. The smallest absolute Gasteiger partial charge is 0.269 e. The highest BCUT2D eigenvalue weighted by molar-refractivity contribution is 5.42. The van der Waals surface area contributed by atoms with Gasteiger partial charge in [-0.15, -0.1) is 0 Å². The number of rotatable bonds is 6. The SMILES string of the molecule is CC(C)N(C)c1cnn([C@@H]2CCCN(Cc3noc(C4CC4)n3)C2)c(=O)c1. The molecule has 4 rings (SSSR count). The van der Waals surface area contributed by atoms with Crippen molar-refractivity contribution in [2.45, 2.75) is 64.1 Å². The fourth-order valence-corrected chi connectivity index (χ4v) is 3.58. The fraction of sp³-hybridized carbons (Fsp3) is 0.684. The summed E-state index contributed by atoms with van der Waals surface area (Å²) in [5.41, 5.74) is 0.820. The Labute approximate surface area is 159 Å². The lowest BCUT2D eigenvalue weighted by Crippen LogP contribution is -2.40. The van der Waals surface area contributed by atoms with E-state index in [-0.39, 0.29) is 11.6 Å². The van der Waals surface area contributed by atoms with E-state index in [4.69, 9.17) is 4.52 Å². The molecule has 0 aromatic carbocycles. The van der Waals surface area contributed by atoms with Crippen molar-refractivity contribution in [2.24, 2.45) is 0 Å². The van der Waals surface area contributed by atoms with Crippen LogP contribution in [0.25, 0.3) is 0 Å². The first kappa shape index (κ1) is 18.2. The van der Waals surface area contributed by atoms with Gasteiger partial charge in [-0.3, -0.25) is 9.69 Å². The second-order valence-electron chi connectivity index (χ2n) is 8.06. The van der Waals surface area contributed by atoms with Gasteiger partial charge in [-0.05, 0) is 46.1 Å². The van der Waals surface area contributed by atoms with E-state index in [0.717, 1.165) is 56.2 Å². The molecule has 1 aliphatic carbocycles. The zero-order valence-corrected chi connectivity index (χ0v) is 16.3. The van der Waals surface area contributed by atoms with Gasteiger partial charge in [0.15, 0.2) is 5.82 Å². The summed E-state index contributed by atoms with van der Waals surface area (Å²) in [4.78, 5) is 21.5. The number of nitrogens with zero attached hydrogens (tertiary/aromatic N) is 6. The molecule has 3 heterocycles. The highest BCUT2D eigenvalue weighted by Gasteiger charge is 2.30. The van der Waals surface area contributed by atoms with E-state index in [9.17, 15) is 4.79 Å². The van der Waals surface area contributed by atoms with Crippen LogP contribution in [0.15, 0.2) is 21.6 Å². The van der Waals surface area contributed by atoms with Crippen LogP contribution in [-0.4, -0.2) is 51.0 Å². The summed E-state index contributed by atoms with van der Waals surface area (Å²) in [6, 6.07) is 2.09. The minimum atomic E-state index is -0.0394. The zero-order valence-electron chi connectivity index (χ0n) is 16.3. The Bertz CT molecular complexity index is 841. The Balaban J connectivity index is 1.43. The highest BCUT2D eigenvalue weighted by atomic mass is 16.5. The van der Waals surface area contributed by atoms with Crippen molar-refractivity contribution in [3.8, 4) is 0 Å². The van der Waals surface area contributed by atoms with Gasteiger partial charge in [0.05, 0.1) is 24.5 Å². The monoisotopic (exact) mass is 372 g/mol. The van der Waals surface area contributed by atoms with Crippen molar-refractivity contribution in [3.63, 3.8) is 0 Å². The Morgan fingerprint density at radius 2 is 2.15 bits per heavy atom. The molecule has 8 heteroatoms. The molecule has 2 aromatic heterocycles. The van der Waals surface area contributed by atoms with E-state index in [1.54, 1.807) is 16.9 Å². The highest BCUT2D eigenvalue weighted by Crippen LogP contribution is 2.38. The number of aromatic nitrogens is 4. The Morgan fingerprint density at radius 3 is 2.85 bits per heavy atom. The largest absolute Gasteiger partial charge is 0.371 e. The van der Waals surface area contributed by atoms with Gasteiger partial charge in [0.1, 0.15) is 0 Å². The first-order valence-electron chi connectivity index (χ1n) is 9.88. The van der Waals surface area contributed by atoms with Crippen LogP contribution in [0.1, 0.15) is 63.2 Å².